The Labute approximate surface area is 154 Å². The predicted octanol–water partition coefficient (Wildman–Crippen LogP) is 2.53. The van der Waals surface area contributed by atoms with Crippen molar-refractivity contribution in [3.8, 4) is 0 Å². The van der Waals surface area contributed by atoms with E-state index in [1.54, 1.807) is 6.20 Å². The molecule has 7 heteroatoms. The molecule has 0 unspecified atom stereocenters. The van der Waals surface area contributed by atoms with Crippen molar-refractivity contribution in [3.63, 3.8) is 0 Å². The number of carbonyl (C=O) groups is 1. The van der Waals surface area contributed by atoms with Gasteiger partial charge in [-0.2, -0.15) is 5.10 Å². The Morgan fingerprint density at radius 2 is 2.12 bits per heavy atom. The van der Waals surface area contributed by atoms with Crippen LogP contribution in [-0.2, 0) is 13.0 Å². The number of likely N-dealkylation sites (tertiary alicyclic amines) is 1. The minimum atomic E-state index is 0.112. The maximum Gasteiger partial charge on any atom is 0.257 e. The van der Waals surface area contributed by atoms with Gasteiger partial charge in [0, 0.05) is 32.9 Å². The van der Waals surface area contributed by atoms with Crippen LogP contribution in [0.1, 0.15) is 47.9 Å². The van der Waals surface area contributed by atoms with Gasteiger partial charge in [-0.05, 0) is 45.4 Å². The van der Waals surface area contributed by atoms with E-state index in [0.717, 1.165) is 68.1 Å². The summed E-state index contributed by atoms with van der Waals surface area (Å²) in [4.78, 5) is 23.7. The van der Waals surface area contributed by atoms with Crippen molar-refractivity contribution in [3.05, 3.63) is 35.5 Å². The highest BCUT2D eigenvalue weighted by Crippen LogP contribution is 2.23. The van der Waals surface area contributed by atoms with Gasteiger partial charge in [-0.3, -0.25) is 14.5 Å². The van der Waals surface area contributed by atoms with E-state index in [-0.39, 0.29) is 5.91 Å². The van der Waals surface area contributed by atoms with E-state index < -0.39 is 0 Å². The first-order valence-corrected chi connectivity index (χ1v) is 9.42. The first kappa shape index (κ1) is 18.4. The highest BCUT2D eigenvalue weighted by Gasteiger charge is 2.24. The smallest absolute Gasteiger partial charge is 0.257 e. The molecule has 1 atom stereocenters. The number of rotatable bonds is 5. The molecule has 2 aromatic rings. The van der Waals surface area contributed by atoms with Gasteiger partial charge in [0.25, 0.3) is 5.91 Å². The first-order valence-electron chi connectivity index (χ1n) is 9.42. The molecule has 0 radical (unpaired) electrons. The Morgan fingerprint density at radius 1 is 1.27 bits per heavy atom. The van der Waals surface area contributed by atoms with Crippen LogP contribution >= 0.6 is 0 Å². The third-order valence-corrected chi connectivity index (χ3v) is 5.09. The molecule has 140 valence electrons. The summed E-state index contributed by atoms with van der Waals surface area (Å²) in [6.45, 7) is 6.33. The number of nitrogens with one attached hydrogen (secondary N) is 1. The van der Waals surface area contributed by atoms with Crippen LogP contribution in [0.3, 0.4) is 0 Å². The van der Waals surface area contributed by atoms with Crippen LogP contribution in [0.25, 0.3) is 0 Å². The monoisotopic (exact) mass is 356 g/mol. The lowest BCUT2D eigenvalue weighted by Gasteiger charge is -2.20. The highest BCUT2D eigenvalue weighted by molar-refractivity contribution is 5.95. The van der Waals surface area contributed by atoms with Crippen LogP contribution < -0.4 is 5.32 Å². The standard InChI is InChI=1S/C19H28N6O/c1-4-25-13-17(14(2)23-25)19(26)24-8-5-6-15(7-9-24)10-16-11-22-18(20-3)12-21-16/h11-13,15H,4-10H2,1-3H3,(H,20,22)/t15-/m0/s1. The quantitative estimate of drug-likeness (QED) is 0.891. The fourth-order valence-electron chi connectivity index (χ4n) is 3.52. The normalized spacial score (nSPS) is 17.8. The molecule has 1 aliphatic rings. The maximum absolute atomic E-state index is 12.9. The van der Waals surface area contributed by atoms with Crippen LogP contribution in [0.15, 0.2) is 18.6 Å². The SMILES string of the molecule is CCn1cc(C(=O)N2CCC[C@H](Cc3cnc(NC)cn3)CC2)c(C)n1. The van der Waals surface area contributed by atoms with Crippen molar-refractivity contribution in [1.82, 2.24) is 24.6 Å². The summed E-state index contributed by atoms with van der Waals surface area (Å²) in [5.41, 5.74) is 2.57. The molecular weight excluding hydrogens is 328 g/mol. The summed E-state index contributed by atoms with van der Waals surface area (Å²) in [7, 11) is 1.84. The molecule has 0 aliphatic carbocycles. The minimum Gasteiger partial charge on any atom is -0.372 e. The third-order valence-electron chi connectivity index (χ3n) is 5.09. The summed E-state index contributed by atoms with van der Waals surface area (Å²) in [6, 6.07) is 0. The molecule has 1 fully saturated rings. The molecule has 2 aromatic heterocycles. The van der Waals surface area contributed by atoms with Gasteiger partial charge in [-0.15, -0.1) is 0 Å². The number of hydrogen-bond donors (Lipinski definition) is 1. The van der Waals surface area contributed by atoms with Crippen LogP contribution in [0.2, 0.25) is 0 Å². The second kappa shape index (κ2) is 8.29. The van der Waals surface area contributed by atoms with E-state index >= 15 is 0 Å². The second-order valence-corrected chi connectivity index (χ2v) is 6.92. The third kappa shape index (κ3) is 4.20. The molecule has 0 bridgehead atoms. The molecule has 0 spiro atoms. The van der Waals surface area contributed by atoms with Gasteiger partial charge in [-0.1, -0.05) is 0 Å². The minimum absolute atomic E-state index is 0.112. The van der Waals surface area contributed by atoms with Crippen molar-refractivity contribution >= 4 is 11.7 Å². The lowest BCUT2D eigenvalue weighted by Crippen LogP contribution is -2.32. The molecule has 1 saturated heterocycles. The average molecular weight is 356 g/mol. The molecular formula is C19H28N6O. The molecule has 1 amide bonds. The molecule has 26 heavy (non-hydrogen) atoms. The van der Waals surface area contributed by atoms with Crippen LogP contribution in [0, 0.1) is 12.8 Å². The summed E-state index contributed by atoms with van der Waals surface area (Å²) in [5.74, 6) is 1.44. The maximum atomic E-state index is 12.9. The fourth-order valence-corrected chi connectivity index (χ4v) is 3.52. The van der Waals surface area contributed by atoms with Crippen LogP contribution in [-0.4, -0.2) is 50.7 Å². The summed E-state index contributed by atoms with van der Waals surface area (Å²) in [6.07, 6.45) is 9.57. The molecule has 1 aliphatic heterocycles. The molecule has 0 saturated carbocycles. The van der Waals surface area contributed by atoms with Crippen molar-refractivity contribution in [2.45, 2.75) is 46.1 Å². The number of aromatic nitrogens is 4. The molecule has 3 heterocycles. The Bertz CT molecular complexity index is 739. The van der Waals surface area contributed by atoms with Gasteiger partial charge in [0.05, 0.1) is 29.3 Å². The zero-order valence-electron chi connectivity index (χ0n) is 15.9. The summed E-state index contributed by atoms with van der Waals surface area (Å²) in [5, 5.41) is 7.39. The number of hydrogen-bond acceptors (Lipinski definition) is 5. The zero-order valence-corrected chi connectivity index (χ0v) is 15.9. The lowest BCUT2D eigenvalue weighted by atomic mass is 9.95. The van der Waals surface area contributed by atoms with Gasteiger partial charge < -0.3 is 10.2 Å². The Kier molecular flexibility index (Phi) is 5.85. The van der Waals surface area contributed by atoms with E-state index in [2.05, 4.69) is 20.4 Å². The van der Waals surface area contributed by atoms with E-state index in [1.807, 2.05) is 42.9 Å². The van der Waals surface area contributed by atoms with Crippen molar-refractivity contribution in [2.24, 2.45) is 5.92 Å². The number of anilines is 1. The number of aryl methyl sites for hydroxylation is 2. The molecule has 1 N–H and O–H groups in total. The number of nitrogens with zero attached hydrogens (tertiary/aromatic N) is 5. The van der Waals surface area contributed by atoms with Crippen molar-refractivity contribution < 1.29 is 4.79 Å². The van der Waals surface area contributed by atoms with E-state index in [4.69, 9.17) is 0 Å². The topological polar surface area (TPSA) is 75.9 Å². The fraction of sp³-hybridized carbons (Fsp3) is 0.579. The Balaban J connectivity index is 1.60. The van der Waals surface area contributed by atoms with Crippen LogP contribution in [0.5, 0.6) is 0 Å². The molecule has 0 aromatic carbocycles. The van der Waals surface area contributed by atoms with Gasteiger partial charge in [0.2, 0.25) is 0 Å². The summed E-state index contributed by atoms with van der Waals surface area (Å²) >= 11 is 0. The van der Waals surface area contributed by atoms with Gasteiger partial charge in [-0.25, -0.2) is 4.98 Å². The van der Waals surface area contributed by atoms with Crippen molar-refractivity contribution in [1.29, 1.82) is 0 Å². The van der Waals surface area contributed by atoms with E-state index in [0.29, 0.717) is 5.92 Å². The highest BCUT2D eigenvalue weighted by atomic mass is 16.2. The molecule has 7 nitrogen and oxygen atoms in total. The van der Waals surface area contributed by atoms with Crippen LogP contribution in [0.4, 0.5) is 5.82 Å². The average Bonchev–Trinajstić information content (AvgIpc) is 2.89. The number of amides is 1. The van der Waals surface area contributed by atoms with E-state index in [1.165, 1.54) is 0 Å². The van der Waals surface area contributed by atoms with E-state index in [9.17, 15) is 4.79 Å². The zero-order chi connectivity index (χ0) is 18.5. The predicted molar refractivity (Wildman–Crippen MR) is 101 cm³/mol. The molecule has 3 rings (SSSR count). The largest absolute Gasteiger partial charge is 0.372 e. The lowest BCUT2D eigenvalue weighted by molar-refractivity contribution is 0.0759. The Morgan fingerprint density at radius 3 is 2.77 bits per heavy atom. The Hall–Kier alpha value is -2.44. The first-order chi connectivity index (χ1) is 12.6. The van der Waals surface area contributed by atoms with Gasteiger partial charge in [0.15, 0.2) is 0 Å². The number of carbonyl (C=O) groups excluding carboxylic acids is 1. The van der Waals surface area contributed by atoms with Gasteiger partial charge >= 0.3 is 0 Å². The van der Waals surface area contributed by atoms with Gasteiger partial charge in [0.1, 0.15) is 5.82 Å². The summed E-state index contributed by atoms with van der Waals surface area (Å²) < 4.78 is 1.83. The second-order valence-electron chi connectivity index (χ2n) is 6.92. The van der Waals surface area contributed by atoms with Crippen molar-refractivity contribution in [2.75, 3.05) is 25.5 Å².